The summed E-state index contributed by atoms with van der Waals surface area (Å²) in [6, 6.07) is 19.5. The predicted octanol–water partition coefficient (Wildman–Crippen LogP) is 4.76. The summed E-state index contributed by atoms with van der Waals surface area (Å²) in [6.07, 6.45) is 1.81. The molecule has 0 aromatic heterocycles. The zero-order valence-electron chi connectivity index (χ0n) is 18.0. The molecule has 5 nitrogen and oxygen atoms in total. The van der Waals surface area contributed by atoms with E-state index in [4.69, 9.17) is 0 Å². The average molecular weight is 453 g/mol. The standard InChI is InChI=1S/C25H25FN2O3S/c1-18-6-12-22(13-7-18)27(2)32(30,31)24-5-3-4-20(16-24)25(29)28(23-14-15-23)17-19-8-10-21(26)11-9-19/h3-13,16,23H,14-15,17H2,1-2H3. The van der Waals surface area contributed by atoms with Crippen LogP contribution in [0.4, 0.5) is 10.1 Å². The van der Waals surface area contributed by atoms with Gasteiger partial charge in [0.05, 0.1) is 10.6 Å². The molecule has 0 bridgehead atoms. The molecule has 0 saturated heterocycles. The number of hydrogen-bond acceptors (Lipinski definition) is 3. The lowest BCUT2D eigenvalue weighted by Crippen LogP contribution is -2.33. The van der Waals surface area contributed by atoms with Gasteiger partial charge in [-0.1, -0.05) is 35.9 Å². The van der Waals surface area contributed by atoms with E-state index < -0.39 is 10.0 Å². The number of carbonyl (C=O) groups excluding carboxylic acids is 1. The third kappa shape index (κ3) is 4.67. The number of hydrogen-bond donors (Lipinski definition) is 0. The van der Waals surface area contributed by atoms with Gasteiger partial charge in [-0.25, -0.2) is 12.8 Å². The van der Waals surface area contributed by atoms with Crippen molar-refractivity contribution in [3.05, 3.63) is 95.3 Å². The van der Waals surface area contributed by atoms with Crippen LogP contribution in [0.2, 0.25) is 0 Å². The smallest absolute Gasteiger partial charge is 0.264 e. The summed E-state index contributed by atoms with van der Waals surface area (Å²) in [5.41, 5.74) is 2.73. The van der Waals surface area contributed by atoms with E-state index in [-0.39, 0.29) is 22.7 Å². The quantitative estimate of drug-likeness (QED) is 0.519. The van der Waals surface area contributed by atoms with Gasteiger partial charge in [0.25, 0.3) is 15.9 Å². The number of rotatable bonds is 7. The van der Waals surface area contributed by atoms with Crippen LogP contribution in [0.1, 0.15) is 34.3 Å². The molecule has 0 heterocycles. The molecule has 1 saturated carbocycles. The van der Waals surface area contributed by atoms with Crippen molar-refractivity contribution in [3.8, 4) is 0 Å². The number of halogens is 1. The molecule has 0 N–H and O–H groups in total. The molecule has 3 aromatic carbocycles. The molecule has 0 aliphatic heterocycles. The zero-order valence-corrected chi connectivity index (χ0v) is 18.8. The minimum atomic E-state index is -3.83. The third-order valence-electron chi connectivity index (χ3n) is 5.65. The second kappa shape index (κ2) is 8.74. The van der Waals surface area contributed by atoms with E-state index in [0.717, 1.165) is 24.0 Å². The highest BCUT2D eigenvalue weighted by molar-refractivity contribution is 7.92. The van der Waals surface area contributed by atoms with Gasteiger partial charge in [-0.05, 0) is 67.8 Å². The van der Waals surface area contributed by atoms with E-state index in [1.807, 2.05) is 19.1 Å². The van der Waals surface area contributed by atoms with E-state index in [1.54, 1.807) is 41.3 Å². The van der Waals surface area contributed by atoms with Crippen LogP contribution in [0.5, 0.6) is 0 Å². The van der Waals surface area contributed by atoms with Crippen molar-refractivity contribution in [2.45, 2.75) is 37.2 Å². The minimum absolute atomic E-state index is 0.0592. The van der Waals surface area contributed by atoms with Gasteiger partial charge in [0.2, 0.25) is 0 Å². The van der Waals surface area contributed by atoms with Crippen LogP contribution in [0.3, 0.4) is 0 Å². The average Bonchev–Trinajstić information content (AvgIpc) is 3.63. The Morgan fingerprint density at radius 1 is 1.00 bits per heavy atom. The largest absolute Gasteiger partial charge is 0.331 e. The summed E-state index contributed by atoms with van der Waals surface area (Å²) in [5.74, 6) is -0.555. The highest BCUT2D eigenvalue weighted by atomic mass is 32.2. The highest BCUT2D eigenvalue weighted by Gasteiger charge is 2.33. The van der Waals surface area contributed by atoms with Gasteiger partial charge in [-0.3, -0.25) is 9.10 Å². The molecule has 166 valence electrons. The molecule has 3 aromatic rings. The first-order valence-electron chi connectivity index (χ1n) is 10.5. The van der Waals surface area contributed by atoms with Crippen LogP contribution in [0, 0.1) is 12.7 Å². The second-order valence-electron chi connectivity index (χ2n) is 8.13. The van der Waals surface area contributed by atoms with Crippen molar-refractivity contribution in [2.75, 3.05) is 11.4 Å². The van der Waals surface area contributed by atoms with Crippen molar-refractivity contribution < 1.29 is 17.6 Å². The van der Waals surface area contributed by atoms with Crippen molar-refractivity contribution >= 4 is 21.6 Å². The van der Waals surface area contributed by atoms with Crippen LogP contribution in [-0.2, 0) is 16.6 Å². The molecular weight excluding hydrogens is 427 g/mol. The first kappa shape index (κ1) is 22.0. The second-order valence-corrected chi connectivity index (χ2v) is 10.1. The molecular formula is C25H25FN2O3S. The third-order valence-corrected chi connectivity index (χ3v) is 7.43. The van der Waals surface area contributed by atoms with E-state index >= 15 is 0 Å². The van der Waals surface area contributed by atoms with Crippen molar-refractivity contribution in [1.29, 1.82) is 0 Å². The Morgan fingerprint density at radius 3 is 2.28 bits per heavy atom. The SMILES string of the molecule is Cc1ccc(N(C)S(=O)(=O)c2cccc(C(=O)N(Cc3ccc(F)cc3)C3CC3)c2)cc1. The topological polar surface area (TPSA) is 57.7 Å². The Kier molecular flexibility index (Phi) is 6.02. The molecule has 0 radical (unpaired) electrons. The van der Waals surface area contributed by atoms with Crippen LogP contribution in [-0.4, -0.2) is 32.3 Å². The number of benzene rings is 3. The van der Waals surface area contributed by atoms with Gasteiger partial charge in [-0.2, -0.15) is 0 Å². The van der Waals surface area contributed by atoms with E-state index in [0.29, 0.717) is 17.8 Å². The van der Waals surface area contributed by atoms with Crippen molar-refractivity contribution in [1.82, 2.24) is 4.90 Å². The maximum Gasteiger partial charge on any atom is 0.264 e. The summed E-state index contributed by atoms with van der Waals surface area (Å²) in [4.78, 5) is 15.1. The van der Waals surface area contributed by atoms with Crippen LogP contribution in [0.15, 0.2) is 77.7 Å². The first-order chi connectivity index (χ1) is 15.3. The zero-order chi connectivity index (χ0) is 22.9. The fourth-order valence-corrected chi connectivity index (χ4v) is 4.79. The molecule has 0 unspecified atom stereocenters. The van der Waals surface area contributed by atoms with Crippen molar-refractivity contribution in [2.24, 2.45) is 0 Å². The van der Waals surface area contributed by atoms with E-state index in [1.165, 1.54) is 35.6 Å². The molecule has 4 rings (SSSR count). The first-order valence-corrected chi connectivity index (χ1v) is 11.9. The van der Waals surface area contributed by atoms with Gasteiger partial charge in [0.15, 0.2) is 0 Å². The number of aryl methyl sites for hydroxylation is 1. The molecule has 1 aliphatic carbocycles. The van der Waals surface area contributed by atoms with Crippen molar-refractivity contribution in [3.63, 3.8) is 0 Å². The monoisotopic (exact) mass is 452 g/mol. The van der Waals surface area contributed by atoms with Gasteiger partial charge >= 0.3 is 0 Å². The predicted molar refractivity (Wildman–Crippen MR) is 123 cm³/mol. The Balaban J connectivity index is 1.60. The van der Waals surface area contributed by atoms with E-state index in [2.05, 4.69) is 0 Å². The fraction of sp³-hybridized carbons (Fsp3) is 0.240. The van der Waals surface area contributed by atoms with Crippen LogP contribution in [0.25, 0.3) is 0 Å². The summed E-state index contributed by atoms with van der Waals surface area (Å²) in [7, 11) is -2.33. The lowest BCUT2D eigenvalue weighted by Gasteiger charge is -2.24. The normalized spacial score (nSPS) is 13.6. The molecule has 1 aliphatic rings. The van der Waals surface area contributed by atoms with E-state index in [9.17, 15) is 17.6 Å². The van der Waals surface area contributed by atoms with Crippen LogP contribution >= 0.6 is 0 Å². The number of anilines is 1. The number of amides is 1. The van der Waals surface area contributed by atoms with Gasteiger partial charge in [-0.15, -0.1) is 0 Å². The highest BCUT2D eigenvalue weighted by Crippen LogP contribution is 2.31. The Morgan fingerprint density at radius 2 is 1.66 bits per heavy atom. The van der Waals surface area contributed by atoms with Gasteiger partial charge in [0.1, 0.15) is 5.82 Å². The fourth-order valence-electron chi connectivity index (χ4n) is 3.55. The summed E-state index contributed by atoms with van der Waals surface area (Å²) in [5, 5.41) is 0. The lowest BCUT2D eigenvalue weighted by molar-refractivity contribution is 0.0729. The molecule has 7 heteroatoms. The van der Waals surface area contributed by atoms with Gasteiger partial charge < -0.3 is 4.90 Å². The molecule has 0 spiro atoms. The molecule has 1 amide bonds. The molecule has 32 heavy (non-hydrogen) atoms. The number of carbonyl (C=O) groups is 1. The molecule has 1 fully saturated rings. The molecule has 0 atom stereocenters. The maximum absolute atomic E-state index is 13.3. The van der Waals surface area contributed by atoms with Crippen LogP contribution < -0.4 is 4.31 Å². The lowest BCUT2D eigenvalue weighted by atomic mass is 10.1. The minimum Gasteiger partial charge on any atom is -0.331 e. The Labute approximate surface area is 188 Å². The van der Waals surface area contributed by atoms with Gasteiger partial charge in [0, 0.05) is 25.2 Å². The summed E-state index contributed by atoms with van der Waals surface area (Å²) >= 11 is 0. The summed E-state index contributed by atoms with van der Waals surface area (Å²) < 4.78 is 40.9. The Bertz CT molecular complexity index is 1220. The maximum atomic E-state index is 13.3. The number of sulfonamides is 1. The summed E-state index contributed by atoms with van der Waals surface area (Å²) in [6.45, 7) is 2.29. The Hall–Kier alpha value is -3.19. The number of nitrogens with zero attached hydrogens (tertiary/aromatic N) is 2.